The molecule has 0 fully saturated rings. The maximum atomic E-state index is 12.8. The van der Waals surface area contributed by atoms with Crippen molar-refractivity contribution in [2.75, 3.05) is 27.0 Å². The second-order valence-corrected chi connectivity index (χ2v) is 14.4. The minimum atomic E-state index is -1.23. The van der Waals surface area contributed by atoms with E-state index < -0.39 is 14.7 Å². The van der Waals surface area contributed by atoms with E-state index in [4.69, 9.17) is 18.9 Å². The molecule has 9 heteroatoms. The number of aromatic nitrogens is 2. The summed E-state index contributed by atoms with van der Waals surface area (Å²) in [5.74, 6) is 1.58. The van der Waals surface area contributed by atoms with Crippen LogP contribution < -0.4 is 14.2 Å². The average Bonchev–Trinajstić information content (AvgIpc) is 3.16. The van der Waals surface area contributed by atoms with Crippen molar-refractivity contribution in [2.24, 2.45) is 0 Å². The molecule has 0 aliphatic carbocycles. The molecule has 3 aromatic rings. The quantitative estimate of drug-likeness (QED) is 0.268. The molecule has 3 rings (SSSR count). The Morgan fingerprint density at radius 2 is 1.88 bits per heavy atom. The highest BCUT2D eigenvalue weighted by Crippen LogP contribution is 2.34. The summed E-state index contributed by atoms with van der Waals surface area (Å²) in [4.78, 5) is 4.45. The van der Waals surface area contributed by atoms with Crippen LogP contribution in [0.2, 0.25) is 25.7 Å². The van der Waals surface area contributed by atoms with Gasteiger partial charge in [-0.3, -0.25) is 4.57 Å². The number of pyridine rings is 1. The standard InChI is InChI=1S/C24H30FN3O4Si/c1-29-20-7-5-18(6-8-20)16-32-23-19(14-26)15-27-24-21(23)13-22(31-10-9-25)28(24)17-30-11-12-33(2,3)4/h5-8,13,15H,9-12,16-17H2,1-4H3. The van der Waals surface area contributed by atoms with Crippen LogP contribution in [0.25, 0.3) is 11.0 Å². The number of fused-ring (bicyclic) bond motifs is 1. The van der Waals surface area contributed by atoms with Crippen LogP contribution in [0.3, 0.4) is 0 Å². The molecule has 0 amide bonds. The Balaban J connectivity index is 1.89. The predicted octanol–water partition coefficient (Wildman–Crippen LogP) is 5.16. The fraction of sp³-hybridized carbons (Fsp3) is 0.417. The first-order valence-electron chi connectivity index (χ1n) is 10.8. The molecule has 0 aliphatic heterocycles. The largest absolute Gasteiger partial charge is 0.497 e. The van der Waals surface area contributed by atoms with E-state index in [0.29, 0.717) is 34.8 Å². The molecule has 0 atom stereocenters. The van der Waals surface area contributed by atoms with Crippen LogP contribution in [0.5, 0.6) is 17.4 Å². The predicted molar refractivity (Wildman–Crippen MR) is 127 cm³/mol. The summed E-state index contributed by atoms with van der Waals surface area (Å²) in [6, 6.07) is 12.4. The van der Waals surface area contributed by atoms with Crippen molar-refractivity contribution >= 4 is 19.1 Å². The van der Waals surface area contributed by atoms with Crippen LogP contribution in [0, 0.1) is 11.3 Å². The summed E-state index contributed by atoms with van der Waals surface area (Å²) in [5, 5.41) is 10.2. The van der Waals surface area contributed by atoms with E-state index in [0.717, 1.165) is 17.4 Å². The van der Waals surface area contributed by atoms with Crippen molar-refractivity contribution in [3.63, 3.8) is 0 Å². The van der Waals surface area contributed by atoms with Gasteiger partial charge in [-0.25, -0.2) is 9.37 Å². The molecule has 0 aliphatic rings. The molecule has 176 valence electrons. The fourth-order valence-electron chi connectivity index (χ4n) is 3.19. The first-order chi connectivity index (χ1) is 15.9. The van der Waals surface area contributed by atoms with E-state index >= 15 is 0 Å². The number of nitrogens with zero attached hydrogens (tertiary/aromatic N) is 3. The normalized spacial score (nSPS) is 11.4. The van der Waals surface area contributed by atoms with Crippen molar-refractivity contribution < 1.29 is 23.3 Å². The maximum absolute atomic E-state index is 12.8. The van der Waals surface area contributed by atoms with Crippen molar-refractivity contribution in [1.82, 2.24) is 9.55 Å². The minimum absolute atomic E-state index is 0.0849. The van der Waals surface area contributed by atoms with Crippen LogP contribution in [0.4, 0.5) is 4.39 Å². The van der Waals surface area contributed by atoms with Crippen LogP contribution in [-0.4, -0.2) is 44.6 Å². The number of ether oxygens (including phenoxy) is 4. The summed E-state index contributed by atoms with van der Waals surface area (Å²) in [5.41, 5.74) is 1.79. The lowest BCUT2D eigenvalue weighted by Crippen LogP contribution is -2.22. The van der Waals surface area contributed by atoms with Crippen molar-refractivity contribution in [3.05, 3.63) is 47.7 Å². The van der Waals surface area contributed by atoms with Crippen LogP contribution in [0.1, 0.15) is 11.1 Å². The number of nitriles is 1. The Hall–Kier alpha value is -3.09. The molecule has 0 bridgehead atoms. The van der Waals surface area contributed by atoms with Gasteiger partial charge in [-0.2, -0.15) is 5.26 Å². The van der Waals surface area contributed by atoms with Crippen LogP contribution >= 0.6 is 0 Å². The van der Waals surface area contributed by atoms with Gasteiger partial charge in [-0.15, -0.1) is 0 Å². The third-order valence-corrected chi connectivity index (χ3v) is 6.75. The van der Waals surface area contributed by atoms with Gasteiger partial charge < -0.3 is 18.9 Å². The van der Waals surface area contributed by atoms with Gasteiger partial charge in [0.15, 0.2) is 5.88 Å². The Morgan fingerprint density at radius 1 is 1.12 bits per heavy atom. The van der Waals surface area contributed by atoms with Gasteiger partial charge in [0.1, 0.15) is 55.4 Å². The van der Waals surface area contributed by atoms with Gasteiger partial charge in [0.2, 0.25) is 0 Å². The molecule has 7 nitrogen and oxygen atoms in total. The number of rotatable bonds is 12. The maximum Gasteiger partial charge on any atom is 0.197 e. The monoisotopic (exact) mass is 471 g/mol. The lowest BCUT2D eigenvalue weighted by atomic mass is 10.2. The molecule has 0 spiro atoms. The van der Waals surface area contributed by atoms with Gasteiger partial charge >= 0.3 is 0 Å². The molecule has 0 saturated carbocycles. The van der Waals surface area contributed by atoms with Gasteiger partial charge in [0.25, 0.3) is 0 Å². The van der Waals surface area contributed by atoms with Crippen molar-refractivity contribution in [1.29, 1.82) is 5.26 Å². The zero-order chi connectivity index (χ0) is 23.8. The van der Waals surface area contributed by atoms with Gasteiger partial charge in [-0.1, -0.05) is 31.8 Å². The van der Waals surface area contributed by atoms with Gasteiger partial charge in [-0.05, 0) is 23.7 Å². The molecule has 2 heterocycles. The number of halogens is 1. The summed E-state index contributed by atoms with van der Waals surface area (Å²) < 4.78 is 37.3. The van der Waals surface area contributed by atoms with E-state index in [9.17, 15) is 9.65 Å². The number of alkyl halides is 1. The van der Waals surface area contributed by atoms with Crippen molar-refractivity contribution in [3.8, 4) is 23.4 Å². The Morgan fingerprint density at radius 3 is 2.52 bits per heavy atom. The molecule has 0 saturated heterocycles. The highest BCUT2D eigenvalue weighted by atomic mass is 28.3. The summed E-state index contributed by atoms with van der Waals surface area (Å²) >= 11 is 0. The Kier molecular flexibility index (Phi) is 8.30. The second kappa shape index (κ2) is 11.2. The van der Waals surface area contributed by atoms with E-state index in [1.54, 1.807) is 17.7 Å². The number of benzene rings is 1. The van der Waals surface area contributed by atoms with Crippen LogP contribution in [0.15, 0.2) is 36.5 Å². The topological polar surface area (TPSA) is 78.5 Å². The number of methoxy groups -OCH3 is 1. The van der Waals surface area contributed by atoms with Gasteiger partial charge in [0, 0.05) is 20.7 Å². The fourth-order valence-corrected chi connectivity index (χ4v) is 3.94. The first-order valence-corrected chi connectivity index (χ1v) is 14.5. The highest BCUT2D eigenvalue weighted by molar-refractivity contribution is 6.76. The lowest BCUT2D eigenvalue weighted by molar-refractivity contribution is 0.0818. The van der Waals surface area contributed by atoms with Gasteiger partial charge in [0.05, 0.1) is 18.7 Å². The Bertz CT molecular complexity index is 1100. The molecule has 0 radical (unpaired) electrons. The minimum Gasteiger partial charge on any atom is -0.497 e. The second-order valence-electron chi connectivity index (χ2n) is 8.78. The summed E-state index contributed by atoms with van der Waals surface area (Å²) in [6.45, 7) is 7.25. The molecule has 0 unspecified atom stereocenters. The molecule has 0 N–H and O–H groups in total. The molecular weight excluding hydrogens is 441 g/mol. The molecular formula is C24H30FN3O4Si. The highest BCUT2D eigenvalue weighted by Gasteiger charge is 2.19. The lowest BCUT2D eigenvalue weighted by Gasteiger charge is -2.16. The molecule has 2 aromatic heterocycles. The zero-order valence-electron chi connectivity index (χ0n) is 19.6. The number of hydrogen-bond donors (Lipinski definition) is 0. The van der Waals surface area contributed by atoms with E-state index in [2.05, 4.69) is 30.7 Å². The van der Waals surface area contributed by atoms with E-state index in [1.807, 2.05) is 24.3 Å². The van der Waals surface area contributed by atoms with E-state index in [-0.39, 0.29) is 19.9 Å². The summed E-state index contributed by atoms with van der Waals surface area (Å²) in [7, 11) is 0.379. The average molecular weight is 472 g/mol. The summed E-state index contributed by atoms with van der Waals surface area (Å²) in [6.07, 6.45) is 1.48. The smallest absolute Gasteiger partial charge is 0.197 e. The molecule has 1 aromatic carbocycles. The third kappa shape index (κ3) is 6.46. The Labute approximate surface area is 194 Å². The first kappa shape index (κ1) is 24.5. The zero-order valence-corrected chi connectivity index (χ0v) is 20.6. The third-order valence-electron chi connectivity index (χ3n) is 5.04. The van der Waals surface area contributed by atoms with Crippen molar-refractivity contribution in [2.45, 2.75) is 39.0 Å². The SMILES string of the molecule is COc1ccc(COc2c(C#N)cnc3c2cc(OCCF)n3COCC[Si](C)(C)C)cc1. The van der Waals surface area contributed by atoms with Crippen LogP contribution in [-0.2, 0) is 18.1 Å². The molecule has 33 heavy (non-hydrogen) atoms. The van der Waals surface area contributed by atoms with E-state index in [1.165, 1.54) is 6.20 Å². The number of hydrogen-bond acceptors (Lipinski definition) is 6.